The van der Waals surface area contributed by atoms with Crippen LogP contribution in [0.5, 0.6) is 0 Å². The Kier molecular flexibility index (Phi) is 6.54. The Balaban J connectivity index is 1.80. The SMILES string of the molecule is Cc1ccc(NC(=O)Cn2cccc(C)c2=O)cc1S(=O)(=O)N1CCCCCC1. The summed E-state index contributed by atoms with van der Waals surface area (Å²) in [5.74, 6) is -0.389. The summed E-state index contributed by atoms with van der Waals surface area (Å²) >= 11 is 0. The van der Waals surface area contributed by atoms with Crippen LogP contribution in [0.15, 0.2) is 46.2 Å². The molecule has 1 aliphatic heterocycles. The Morgan fingerprint density at radius 1 is 1.03 bits per heavy atom. The minimum absolute atomic E-state index is 0.136. The number of nitrogens with one attached hydrogen (secondary N) is 1. The molecule has 0 radical (unpaired) electrons. The van der Waals surface area contributed by atoms with Crippen LogP contribution in [0.4, 0.5) is 5.69 Å². The maximum absolute atomic E-state index is 13.1. The van der Waals surface area contributed by atoms with Crippen molar-refractivity contribution in [3.8, 4) is 0 Å². The third kappa shape index (κ3) is 4.94. The van der Waals surface area contributed by atoms with Crippen molar-refractivity contribution in [1.82, 2.24) is 8.87 Å². The molecule has 3 rings (SSSR count). The highest BCUT2D eigenvalue weighted by molar-refractivity contribution is 7.89. The number of hydrogen-bond donors (Lipinski definition) is 1. The highest BCUT2D eigenvalue weighted by atomic mass is 32.2. The lowest BCUT2D eigenvalue weighted by Crippen LogP contribution is -2.32. The first kappa shape index (κ1) is 21.3. The Bertz CT molecular complexity index is 1050. The van der Waals surface area contributed by atoms with Gasteiger partial charge in [0.2, 0.25) is 15.9 Å². The Morgan fingerprint density at radius 3 is 2.41 bits per heavy atom. The maximum Gasteiger partial charge on any atom is 0.253 e. The van der Waals surface area contributed by atoms with Crippen LogP contribution >= 0.6 is 0 Å². The van der Waals surface area contributed by atoms with Gasteiger partial charge in [-0.3, -0.25) is 9.59 Å². The molecule has 0 bridgehead atoms. The fraction of sp³-hybridized carbons (Fsp3) is 0.429. The van der Waals surface area contributed by atoms with Crippen molar-refractivity contribution in [1.29, 1.82) is 0 Å². The zero-order valence-corrected chi connectivity index (χ0v) is 17.7. The molecule has 29 heavy (non-hydrogen) atoms. The van der Waals surface area contributed by atoms with Gasteiger partial charge in [-0.05, 0) is 50.5 Å². The predicted molar refractivity (Wildman–Crippen MR) is 112 cm³/mol. The van der Waals surface area contributed by atoms with Crippen LogP contribution in [-0.2, 0) is 21.4 Å². The summed E-state index contributed by atoms with van der Waals surface area (Å²) in [6, 6.07) is 8.28. The molecular formula is C21H27N3O4S. The number of aromatic nitrogens is 1. The molecule has 0 unspecified atom stereocenters. The van der Waals surface area contributed by atoms with E-state index in [0.717, 1.165) is 25.7 Å². The van der Waals surface area contributed by atoms with E-state index in [9.17, 15) is 18.0 Å². The molecule has 0 saturated carbocycles. The monoisotopic (exact) mass is 417 g/mol. The number of nitrogens with zero attached hydrogens (tertiary/aromatic N) is 2. The second kappa shape index (κ2) is 8.92. The molecular weight excluding hydrogens is 390 g/mol. The zero-order valence-electron chi connectivity index (χ0n) is 16.8. The number of carbonyl (C=O) groups excluding carboxylic acids is 1. The molecule has 1 amide bonds. The van der Waals surface area contributed by atoms with Gasteiger partial charge in [-0.1, -0.05) is 25.0 Å². The number of rotatable bonds is 5. The van der Waals surface area contributed by atoms with Gasteiger partial charge >= 0.3 is 0 Å². The third-order valence-corrected chi connectivity index (χ3v) is 7.22. The fourth-order valence-corrected chi connectivity index (χ4v) is 5.28. The van der Waals surface area contributed by atoms with Crippen molar-refractivity contribution in [3.63, 3.8) is 0 Å². The van der Waals surface area contributed by atoms with Crippen molar-refractivity contribution in [2.24, 2.45) is 0 Å². The molecule has 156 valence electrons. The van der Waals surface area contributed by atoms with E-state index in [1.54, 1.807) is 48.6 Å². The normalized spacial score (nSPS) is 15.7. The fourth-order valence-electron chi connectivity index (χ4n) is 3.51. The average molecular weight is 418 g/mol. The first-order valence-electron chi connectivity index (χ1n) is 9.86. The van der Waals surface area contributed by atoms with Crippen molar-refractivity contribution >= 4 is 21.6 Å². The van der Waals surface area contributed by atoms with E-state index in [1.807, 2.05) is 0 Å². The summed E-state index contributed by atoms with van der Waals surface area (Å²) in [5.41, 5.74) is 1.37. The van der Waals surface area contributed by atoms with E-state index in [0.29, 0.717) is 29.9 Å². The van der Waals surface area contributed by atoms with Crippen LogP contribution in [0.25, 0.3) is 0 Å². The third-order valence-electron chi connectivity index (χ3n) is 5.18. The van der Waals surface area contributed by atoms with Gasteiger partial charge in [0.1, 0.15) is 6.54 Å². The summed E-state index contributed by atoms with van der Waals surface area (Å²) in [7, 11) is -3.62. The van der Waals surface area contributed by atoms with Crippen molar-refractivity contribution in [2.75, 3.05) is 18.4 Å². The quantitative estimate of drug-likeness (QED) is 0.810. The van der Waals surface area contributed by atoms with Gasteiger partial charge in [0.25, 0.3) is 5.56 Å². The molecule has 1 aliphatic rings. The minimum Gasteiger partial charge on any atom is -0.324 e. The number of anilines is 1. The zero-order chi connectivity index (χ0) is 21.0. The second-order valence-electron chi connectivity index (χ2n) is 7.47. The average Bonchev–Trinajstić information content (AvgIpc) is 2.97. The molecule has 0 atom stereocenters. The predicted octanol–water partition coefficient (Wildman–Crippen LogP) is 2.67. The van der Waals surface area contributed by atoms with Crippen LogP contribution in [0.2, 0.25) is 0 Å². The number of carbonyl (C=O) groups is 1. The highest BCUT2D eigenvalue weighted by Crippen LogP contribution is 2.25. The number of amides is 1. The van der Waals surface area contributed by atoms with E-state index >= 15 is 0 Å². The number of hydrogen-bond acceptors (Lipinski definition) is 4. The van der Waals surface area contributed by atoms with Crippen LogP contribution in [0.3, 0.4) is 0 Å². The van der Waals surface area contributed by atoms with E-state index in [1.165, 1.54) is 10.6 Å². The van der Waals surface area contributed by atoms with E-state index in [2.05, 4.69) is 5.32 Å². The van der Waals surface area contributed by atoms with Gasteiger partial charge in [0, 0.05) is 30.5 Å². The smallest absolute Gasteiger partial charge is 0.253 e. The van der Waals surface area contributed by atoms with Gasteiger partial charge in [-0.25, -0.2) is 8.42 Å². The van der Waals surface area contributed by atoms with Gasteiger partial charge in [0.05, 0.1) is 4.90 Å². The topological polar surface area (TPSA) is 88.5 Å². The molecule has 2 aromatic rings. The van der Waals surface area contributed by atoms with Crippen molar-refractivity contribution < 1.29 is 13.2 Å². The largest absolute Gasteiger partial charge is 0.324 e. The van der Waals surface area contributed by atoms with E-state index < -0.39 is 10.0 Å². The lowest BCUT2D eigenvalue weighted by molar-refractivity contribution is -0.116. The molecule has 0 aliphatic carbocycles. The number of benzene rings is 1. The molecule has 1 N–H and O–H groups in total. The molecule has 1 aromatic carbocycles. The molecule has 8 heteroatoms. The standard InChI is InChI=1S/C21H27N3O4S/c1-16-9-10-18(22-20(25)15-23-11-7-8-17(2)21(23)26)14-19(16)29(27,28)24-12-5-3-4-6-13-24/h7-11,14H,3-6,12-13,15H2,1-2H3,(H,22,25). The summed E-state index contributed by atoms with van der Waals surface area (Å²) in [6.45, 7) is 4.35. The summed E-state index contributed by atoms with van der Waals surface area (Å²) < 4.78 is 29.1. The van der Waals surface area contributed by atoms with Gasteiger partial charge in [0.15, 0.2) is 0 Å². The van der Waals surface area contributed by atoms with Crippen molar-refractivity contribution in [3.05, 3.63) is 58.0 Å². The van der Waals surface area contributed by atoms with Gasteiger partial charge in [-0.15, -0.1) is 0 Å². The molecule has 7 nitrogen and oxygen atoms in total. The van der Waals surface area contributed by atoms with Crippen molar-refractivity contribution in [2.45, 2.75) is 51.0 Å². The number of sulfonamides is 1. The van der Waals surface area contributed by atoms with Gasteiger partial charge in [-0.2, -0.15) is 4.31 Å². The lowest BCUT2D eigenvalue weighted by Gasteiger charge is -2.21. The highest BCUT2D eigenvalue weighted by Gasteiger charge is 2.27. The maximum atomic E-state index is 13.1. The first-order valence-corrected chi connectivity index (χ1v) is 11.3. The van der Waals surface area contributed by atoms with Crippen LogP contribution in [0.1, 0.15) is 36.8 Å². The number of aryl methyl sites for hydroxylation is 2. The Labute approximate surface area is 171 Å². The Morgan fingerprint density at radius 2 is 1.72 bits per heavy atom. The molecule has 1 saturated heterocycles. The molecule has 0 spiro atoms. The molecule has 2 heterocycles. The molecule has 1 fully saturated rings. The number of pyridine rings is 1. The first-order chi connectivity index (χ1) is 13.8. The van der Waals surface area contributed by atoms with Gasteiger partial charge < -0.3 is 9.88 Å². The van der Waals surface area contributed by atoms with E-state index in [-0.39, 0.29) is 22.9 Å². The van der Waals surface area contributed by atoms with Crippen LogP contribution in [-0.4, -0.2) is 36.3 Å². The van der Waals surface area contributed by atoms with E-state index in [4.69, 9.17) is 0 Å². The lowest BCUT2D eigenvalue weighted by atomic mass is 10.2. The Hall–Kier alpha value is -2.45. The van der Waals surface area contributed by atoms with Crippen LogP contribution < -0.4 is 10.9 Å². The summed E-state index contributed by atoms with van der Waals surface area (Å²) in [4.78, 5) is 24.7. The minimum atomic E-state index is -3.62. The molecule has 1 aromatic heterocycles. The van der Waals surface area contributed by atoms with Crippen LogP contribution in [0, 0.1) is 13.8 Å². The summed E-state index contributed by atoms with van der Waals surface area (Å²) in [6.07, 6.45) is 5.36. The second-order valence-corrected chi connectivity index (χ2v) is 9.38. The summed E-state index contributed by atoms with van der Waals surface area (Å²) in [5, 5.41) is 2.71.